The Bertz CT molecular complexity index is 753. The highest BCUT2D eigenvalue weighted by Gasteiger charge is 2.10. The first-order chi connectivity index (χ1) is 11.3. The summed E-state index contributed by atoms with van der Waals surface area (Å²) >= 11 is 6.22. The van der Waals surface area contributed by atoms with Gasteiger partial charge in [-0.15, -0.1) is 0 Å². The molecule has 0 spiro atoms. The highest BCUT2D eigenvalue weighted by Crippen LogP contribution is 2.21. The third kappa shape index (κ3) is 3.82. The van der Waals surface area contributed by atoms with Crippen molar-refractivity contribution < 1.29 is 0 Å². The van der Waals surface area contributed by atoms with E-state index in [0.29, 0.717) is 11.4 Å². The average molecular weight is 330 g/mol. The van der Waals surface area contributed by atoms with Crippen molar-refractivity contribution in [2.45, 2.75) is 32.1 Å². The summed E-state index contributed by atoms with van der Waals surface area (Å²) in [6.45, 7) is 0.766. The minimum Gasteiger partial charge on any atom is -0.382 e. The number of hydrogen-bond acceptors (Lipinski definition) is 3. The molecular formula is C18H20ClN3O. The Labute approximate surface area is 140 Å². The van der Waals surface area contributed by atoms with Gasteiger partial charge in [-0.2, -0.15) is 9.78 Å². The number of aromatic nitrogens is 2. The Hall–Kier alpha value is -2.07. The molecule has 1 aliphatic carbocycles. The molecule has 0 amide bonds. The van der Waals surface area contributed by atoms with E-state index in [1.807, 2.05) is 30.3 Å². The maximum absolute atomic E-state index is 12.4. The fraction of sp³-hybridized carbons (Fsp3) is 0.333. The molecule has 0 atom stereocenters. The average Bonchev–Trinajstić information content (AvgIpc) is 2.60. The van der Waals surface area contributed by atoms with Crippen LogP contribution in [0.2, 0.25) is 5.02 Å². The predicted octanol–water partition coefficient (Wildman–Crippen LogP) is 4.19. The van der Waals surface area contributed by atoms with Crippen molar-refractivity contribution in [1.82, 2.24) is 9.78 Å². The molecule has 0 unspecified atom stereocenters. The largest absolute Gasteiger partial charge is 0.382 e. The summed E-state index contributed by atoms with van der Waals surface area (Å²) in [7, 11) is 0. The summed E-state index contributed by atoms with van der Waals surface area (Å²) in [6.07, 6.45) is 9.88. The molecule has 0 saturated carbocycles. The molecule has 5 heteroatoms. The van der Waals surface area contributed by atoms with E-state index in [4.69, 9.17) is 11.6 Å². The summed E-state index contributed by atoms with van der Waals surface area (Å²) in [5, 5.41) is 7.63. The first-order valence-electron chi connectivity index (χ1n) is 8.01. The smallest absolute Gasteiger partial charge is 0.292 e. The van der Waals surface area contributed by atoms with Gasteiger partial charge in [0.2, 0.25) is 0 Å². The summed E-state index contributed by atoms with van der Waals surface area (Å²) < 4.78 is 1.32. The summed E-state index contributed by atoms with van der Waals surface area (Å²) in [5.41, 5.74) is 2.49. The molecule has 0 aliphatic heterocycles. The van der Waals surface area contributed by atoms with Crippen molar-refractivity contribution in [3.63, 3.8) is 0 Å². The maximum Gasteiger partial charge on any atom is 0.292 e. The molecule has 4 nitrogen and oxygen atoms in total. The zero-order valence-corrected chi connectivity index (χ0v) is 13.7. The van der Waals surface area contributed by atoms with Gasteiger partial charge in [0.25, 0.3) is 5.56 Å². The van der Waals surface area contributed by atoms with Crippen molar-refractivity contribution in [3.05, 3.63) is 63.6 Å². The standard InChI is InChI=1S/C18H20ClN3O/c19-17-16(20-12-11-14-7-3-1-4-8-14)13-21-22(18(17)23)15-9-5-2-6-10-15/h2,5-7,9-10,13,20H,1,3-4,8,11-12H2. The molecule has 0 fully saturated rings. The van der Waals surface area contributed by atoms with Crippen molar-refractivity contribution >= 4 is 17.3 Å². The molecule has 3 rings (SSSR count). The topological polar surface area (TPSA) is 46.9 Å². The number of hydrogen-bond donors (Lipinski definition) is 1. The van der Waals surface area contributed by atoms with Crippen LogP contribution in [0.15, 0.2) is 53.0 Å². The van der Waals surface area contributed by atoms with Crippen LogP contribution in [0, 0.1) is 0 Å². The van der Waals surface area contributed by atoms with Crippen LogP contribution in [0.5, 0.6) is 0 Å². The molecule has 0 radical (unpaired) electrons. The lowest BCUT2D eigenvalue weighted by Gasteiger charge is -2.14. The van der Waals surface area contributed by atoms with Crippen molar-refractivity contribution in [2.24, 2.45) is 0 Å². The van der Waals surface area contributed by atoms with Gasteiger partial charge in [-0.05, 0) is 44.2 Å². The second-order valence-corrected chi connectivity index (χ2v) is 6.09. The third-order valence-electron chi connectivity index (χ3n) is 4.07. The van der Waals surface area contributed by atoms with Gasteiger partial charge in [0.05, 0.1) is 17.6 Å². The van der Waals surface area contributed by atoms with Gasteiger partial charge in [-0.3, -0.25) is 4.79 Å². The number of para-hydroxylation sites is 1. The Morgan fingerprint density at radius 1 is 1.22 bits per heavy atom. The second-order valence-electron chi connectivity index (χ2n) is 5.71. The number of anilines is 1. The molecule has 1 aromatic heterocycles. The van der Waals surface area contributed by atoms with Gasteiger partial charge in [0.15, 0.2) is 0 Å². The van der Waals surface area contributed by atoms with Crippen molar-refractivity contribution in [2.75, 3.05) is 11.9 Å². The van der Waals surface area contributed by atoms with Gasteiger partial charge in [0, 0.05) is 6.54 Å². The van der Waals surface area contributed by atoms with E-state index < -0.39 is 0 Å². The van der Waals surface area contributed by atoms with E-state index in [1.165, 1.54) is 35.9 Å². The van der Waals surface area contributed by atoms with Crippen LogP contribution < -0.4 is 10.9 Å². The summed E-state index contributed by atoms with van der Waals surface area (Å²) in [4.78, 5) is 12.4. The lowest BCUT2D eigenvalue weighted by Crippen LogP contribution is -2.22. The monoisotopic (exact) mass is 329 g/mol. The van der Waals surface area contributed by atoms with Crippen LogP contribution in [-0.2, 0) is 0 Å². The summed E-state index contributed by atoms with van der Waals surface area (Å²) in [5.74, 6) is 0. The highest BCUT2D eigenvalue weighted by atomic mass is 35.5. The molecule has 23 heavy (non-hydrogen) atoms. The summed E-state index contributed by atoms with van der Waals surface area (Å²) in [6, 6.07) is 9.27. The van der Waals surface area contributed by atoms with Gasteiger partial charge in [0.1, 0.15) is 5.02 Å². The lowest BCUT2D eigenvalue weighted by atomic mass is 9.97. The first kappa shape index (κ1) is 15.8. The Morgan fingerprint density at radius 3 is 2.78 bits per heavy atom. The number of halogens is 1. The van der Waals surface area contributed by atoms with Gasteiger partial charge < -0.3 is 5.32 Å². The molecule has 0 bridgehead atoms. The molecule has 1 heterocycles. The molecule has 0 saturated heterocycles. The Kier molecular flexibility index (Phi) is 5.13. The van der Waals surface area contributed by atoms with Gasteiger partial charge in [-0.1, -0.05) is 41.4 Å². The normalized spacial score (nSPS) is 14.4. The third-order valence-corrected chi connectivity index (χ3v) is 4.43. The zero-order chi connectivity index (χ0) is 16.1. The van der Waals surface area contributed by atoms with Crippen molar-refractivity contribution in [3.8, 4) is 5.69 Å². The molecule has 120 valence electrons. The zero-order valence-electron chi connectivity index (χ0n) is 13.0. The number of nitrogens with zero attached hydrogens (tertiary/aromatic N) is 2. The molecule has 1 aliphatic rings. The highest BCUT2D eigenvalue weighted by molar-refractivity contribution is 6.32. The quantitative estimate of drug-likeness (QED) is 0.837. The van der Waals surface area contributed by atoms with Crippen LogP contribution >= 0.6 is 11.6 Å². The van der Waals surface area contributed by atoms with Crippen molar-refractivity contribution in [1.29, 1.82) is 0 Å². The van der Waals surface area contributed by atoms with E-state index in [2.05, 4.69) is 16.5 Å². The van der Waals surface area contributed by atoms with Gasteiger partial charge >= 0.3 is 0 Å². The Morgan fingerprint density at radius 2 is 2.04 bits per heavy atom. The van der Waals surface area contributed by atoms with Crippen LogP contribution in [0.25, 0.3) is 5.69 Å². The SMILES string of the molecule is O=c1c(Cl)c(NCCC2=CCCCC2)cnn1-c1ccccc1. The van der Waals surface area contributed by atoms with E-state index >= 15 is 0 Å². The van der Waals surface area contributed by atoms with Crippen LogP contribution in [0.3, 0.4) is 0 Å². The van der Waals surface area contributed by atoms with E-state index in [9.17, 15) is 4.79 Å². The van der Waals surface area contributed by atoms with Crippen LogP contribution in [-0.4, -0.2) is 16.3 Å². The van der Waals surface area contributed by atoms with E-state index in [0.717, 1.165) is 13.0 Å². The molecule has 2 aromatic rings. The van der Waals surface area contributed by atoms with Crippen LogP contribution in [0.1, 0.15) is 32.1 Å². The van der Waals surface area contributed by atoms with E-state index in [1.54, 1.807) is 6.20 Å². The van der Waals surface area contributed by atoms with Gasteiger partial charge in [-0.25, -0.2) is 0 Å². The fourth-order valence-electron chi connectivity index (χ4n) is 2.80. The van der Waals surface area contributed by atoms with E-state index in [-0.39, 0.29) is 10.6 Å². The fourth-order valence-corrected chi connectivity index (χ4v) is 2.99. The molecular weight excluding hydrogens is 310 g/mol. The second kappa shape index (κ2) is 7.47. The predicted molar refractivity (Wildman–Crippen MR) is 94.5 cm³/mol. The number of nitrogens with one attached hydrogen (secondary N) is 1. The maximum atomic E-state index is 12.4. The minimum absolute atomic E-state index is 0.182. The molecule has 1 aromatic carbocycles. The number of rotatable bonds is 5. The lowest BCUT2D eigenvalue weighted by molar-refractivity contribution is 0.679. The van der Waals surface area contributed by atoms with Crippen LogP contribution in [0.4, 0.5) is 5.69 Å². The molecule has 1 N–H and O–H groups in total. The number of benzene rings is 1. The first-order valence-corrected chi connectivity index (χ1v) is 8.38. The Balaban J connectivity index is 1.70. The minimum atomic E-state index is -0.306. The number of allylic oxidation sites excluding steroid dienone is 1.